The lowest BCUT2D eigenvalue weighted by Crippen LogP contribution is -2.22. The van der Waals surface area contributed by atoms with Crippen molar-refractivity contribution in [1.29, 1.82) is 0 Å². The first-order valence-electron chi connectivity index (χ1n) is 8.08. The van der Waals surface area contributed by atoms with Gasteiger partial charge in [0.25, 0.3) is 0 Å². The van der Waals surface area contributed by atoms with Crippen LogP contribution in [-0.4, -0.2) is 47.3 Å². The molecule has 0 bridgehead atoms. The molecule has 0 aliphatic rings. The summed E-state index contributed by atoms with van der Waals surface area (Å²) in [6, 6.07) is 4.24. The number of benzene rings is 1. The zero-order valence-corrected chi connectivity index (χ0v) is 15.0. The smallest absolute Gasteiger partial charge is 0.337 e. The molecular weight excluding hydrogens is 356 g/mol. The van der Waals surface area contributed by atoms with Gasteiger partial charge in [-0.25, -0.2) is 4.79 Å². The van der Waals surface area contributed by atoms with E-state index in [-0.39, 0.29) is 42.1 Å². The van der Waals surface area contributed by atoms with Gasteiger partial charge in [0.2, 0.25) is 0 Å². The molecule has 0 aromatic heterocycles. The number of ether oxygens (including phenoxy) is 2. The molecule has 8 heteroatoms. The number of aromatic hydroxyl groups is 2. The summed E-state index contributed by atoms with van der Waals surface area (Å²) >= 11 is 0. The zero-order chi connectivity index (χ0) is 20.4. The Morgan fingerprint density at radius 3 is 2.44 bits per heavy atom. The molecule has 0 aliphatic heterocycles. The summed E-state index contributed by atoms with van der Waals surface area (Å²) in [7, 11) is 1.12. The molecular formula is C19H22O8. The van der Waals surface area contributed by atoms with Gasteiger partial charge < -0.3 is 24.8 Å². The Hall–Kier alpha value is -3.29. The molecule has 0 aliphatic carbocycles. The van der Waals surface area contributed by atoms with Gasteiger partial charge in [0.05, 0.1) is 32.0 Å². The standard InChI is InChI=1S/C19H22O8/c1-3-13(10-20)14(15(11-21)19(25)26-2)9-18(24)27-7-6-12-4-5-16(22)17(23)8-12/h3-5,8,10-11,14,21-23H,6-7,9H2,1-2H3/t14-/m0/s1. The number of aldehydes is 1. The van der Waals surface area contributed by atoms with E-state index in [9.17, 15) is 29.7 Å². The fraction of sp³-hybridized carbons (Fsp3) is 0.316. The molecule has 0 radical (unpaired) electrons. The van der Waals surface area contributed by atoms with Crippen molar-refractivity contribution in [2.24, 2.45) is 5.92 Å². The Kier molecular flexibility index (Phi) is 8.58. The van der Waals surface area contributed by atoms with E-state index in [4.69, 9.17) is 4.74 Å². The van der Waals surface area contributed by atoms with E-state index >= 15 is 0 Å². The average molecular weight is 378 g/mol. The largest absolute Gasteiger partial charge is 0.515 e. The van der Waals surface area contributed by atoms with Crippen LogP contribution in [0.2, 0.25) is 0 Å². The maximum absolute atomic E-state index is 12.1. The van der Waals surface area contributed by atoms with Gasteiger partial charge in [-0.05, 0) is 30.2 Å². The summed E-state index contributed by atoms with van der Waals surface area (Å²) in [6.07, 6.45) is 2.37. The Morgan fingerprint density at radius 1 is 1.22 bits per heavy atom. The normalized spacial score (nSPS) is 13.0. The molecule has 146 valence electrons. The van der Waals surface area contributed by atoms with Gasteiger partial charge in [0, 0.05) is 12.3 Å². The summed E-state index contributed by atoms with van der Waals surface area (Å²) in [5.74, 6) is -3.09. The van der Waals surface area contributed by atoms with E-state index in [1.54, 1.807) is 13.0 Å². The van der Waals surface area contributed by atoms with E-state index in [2.05, 4.69) is 4.74 Å². The molecule has 0 heterocycles. The minimum atomic E-state index is -1.00. The predicted molar refractivity (Wildman–Crippen MR) is 95.1 cm³/mol. The highest BCUT2D eigenvalue weighted by Crippen LogP contribution is 2.26. The van der Waals surface area contributed by atoms with Gasteiger partial charge in [-0.2, -0.15) is 0 Å². The Bertz CT molecular complexity index is 748. The predicted octanol–water partition coefficient (Wildman–Crippen LogP) is 1.95. The molecule has 0 amide bonds. The summed E-state index contributed by atoms with van der Waals surface area (Å²) in [6.45, 7) is 1.55. The molecule has 3 N–H and O–H groups in total. The first kappa shape index (κ1) is 21.8. The van der Waals surface area contributed by atoms with Crippen LogP contribution in [0.25, 0.3) is 0 Å². The number of hydrogen-bond acceptors (Lipinski definition) is 8. The molecule has 1 aromatic rings. The third kappa shape index (κ3) is 6.18. The minimum Gasteiger partial charge on any atom is -0.515 e. The third-order valence-corrected chi connectivity index (χ3v) is 3.87. The summed E-state index contributed by atoms with van der Waals surface area (Å²) in [5.41, 5.74) is 0.529. The zero-order valence-electron chi connectivity index (χ0n) is 15.0. The number of methoxy groups -OCH3 is 1. The van der Waals surface area contributed by atoms with E-state index in [0.717, 1.165) is 7.11 Å². The molecule has 0 saturated carbocycles. The maximum atomic E-state index is 12.1. The highest BCUT2D eigenvalue weighted by molar-refractivity contribution is 5.93. The van der Waals surface area contributed by atoms with Crippen LogP contribution in [-0.2, 0) is 30.3 Å². The minimum absolute atomic E-state index is 0.0154. The van der Waals surface area contributed by atoms with Crippen molar-refractivity contribution in [1.82, 2.24) is 0 Å². The van der Waals surface area contributed by atoms with Crippen molar-refractivity contribution in [2.75, 3.05) is 13.7 Å². The summed E-state index contributed by atoms with van der Waals surface area (Å²) in [4.78, 5) is 35.1. The van der Waals surface area contributed by atoms with Crippen molar-refractivity contribution in [3.63, 3.8) is 0 Å². The average Bonchev–Trinajstić information content (AvgIpc) is 2.65. The lowest BCUT2D eigenvalue weighted by molar-refractivity contribution is -0.144. The van der Waals surface area contributed by atoms with Gasteiger partial charge >= 0.3 is 11.9 Å². The number of phenols is 2. The summed E-state index contributed by atoms with van der Waals surface area (Å²) < 4.78 is 9.66. The highest BCUT2D eigenvalue weighted by atomic mass is 16.5. The Labute approximate surface area is 156 Å². The van der Waals surface area contributed by atoms with Crippen LogP contribution in [0.3, 0.4) is 0 Å². The van der Waals surface area contributed by atoms with Crippen LogP contribution in [0.5, 0.6) is 11.5 Å². The SMILES string of the molecule is CC=C(C=O)[C@H](CC(=O)OCCc1ccc(O)c(O)c1)C(=CO)C(=O)OC. The fourth-order valence-electron chi connectivity index (χ4n) is 2.39. The third-order valence-electron chi connectivity index (χ3n) is 3.87. The number of phenolic OH excluding ortho intramolecular Hbond substituents is 2. The van der Waals surface area contributed by atoms with E-state index in [1.165, 1.54) is 18.2 Å². The van der Waals surface area contributed by atoms with E-state index < -0.39 is 17.9 Å². The molecule has 0 fully saturated rings. The van der Waals surface area contributed by atoms with Crippen LogP contribution < -0.4 is 0 Å². The van der Waals surface area contributed by atoms with Gasteiger partial charge in [-0.15, -0.1) is 0 Å². The lowest BCUT2D eigenvalue weighted by atomic mass is 9.89. The number of allylic oxidation sites excluding steroid dienone is 2. The van der Waals surface area contributed by atoms with Crippen LogP contribution in [0.1, 0.15) is 18.9 Å². The van der Waals surface area contributed by atoms with Crippen LogP contribution in [0, 0.1) is 5.92 Å². The van der Waals surface area contributed by atoms with Crippen molar-refractivity contribution in [3.05, 3.63) is 47.2 Å². The molecule has 27 heavy (non-hydrogen) atoms. The van der Waals surface area contributed by atoms with Crippen LogP contribution >= 0.6 is 0 Å². The molecule has 1 aromatic carbocycles. The second-order valence-corrected chi connectivity index (χ2v) is 5.53. The maximum Gasteiger partial charge on any atom is 0.337 e. The number of carbonyl (C=O) groups excluding carboxylic acids is 3. The number of aliphatic hydroxyl groups excluding tert-OH is 1. The number of hydrogen-bond donors (Lipinski definition) is 3. The number of aliphatic hydroxyl groups is 1. The van der Waals surface area contributed by atoms with Crippen molar-refractivity contribution in [2.45, 2.75) is 19.8 Å². The second-order valence-electron chi connectivity index (χ2n) is 5.53. The van der Waals surface area contributed by atoms with Crippen molar-refractivity contribution < 1.29 is 39.2 Å². The lowest BCUT2D eigenvalue weighted by Gasteiger charge is -2.17. The van der Waals surface area contributed by atoms with E-state index in [0.29, 0.717) is 18.1 Å². The Morgan fingerprint density at radius 2 is 1.93 bits per heavy atom. The van der Waals surface area contributed by atoms with E-state index in [1.807, 2.05) is 0 Å². The quantitative estimate of drug-likeness (QED) is 0.195. The summed E-state index contributed by atoms with van der Waals surface area (Å²) in [5, 5.41) is 28.0. The molecule has 1 atom stereocenters. The van der Waals surface area contributed by atoms with Gasteiger partial charge in [0.15, 0.2) is 11.5 Å². The van der Waals surface area contributed by atoms with Gasteiger partial charge in [0.1, 0.15) is 6.29 Å². The van der Waals surface area contributed by atoms with Crippen LogP contribution in [0.15, 0.2) is 41.7 Å². The molecule has 0 spiro atoms. The Balaban J connectivity index is 2.77. The topological polar surface area (TPSA) is 130 Å². The van der Waals surface area contributed by atoms with Gasteiger partial charge in [-0.3, -0.25) is 9.59 Å². The number of rotatable bonds is 9. The van der Waals surface area contributed by atoms with Crippen LogP contribution in [0.4, 0.5) is 0 Å². The molecule has 0 unspecified atom stereocenters. The number of esters is 2. The monoisotopic (exact) mass is 378 g/mol. The first-order valence-corrected chi connectivity index (χ1v) is 8.08. The fourth-order valence-corrected chi connectivity index (χ4v) is 2.39. The van der Waals surface area contributed by atoms with Crippen molar-refractivity contribution in [3.8, 4) is 11.5 Å². The van der Waals surface area contributed by atoms with Gasteiger partial charge in [-0.1, -0.05) is 12.1 Å². The number of carbonyl (C=O) groups is 3. The molecule has 1 rings (SSSR count). The second kappa shape index (κ2) is 10.6. The molecule has 8 nitrogen and oxygen atoms in total. The van der Waals surface area contributed by atoms with Crippen molar-refractivity contribution >= 4 is 18.2 Å². The highest BCUT2D eigenvalue weighted by Gasteiger charge is 2.28. The first-order chi connectivity index (χ1) is 12.9. The molecule has 0 saturated heterocycles.